The van der Waals surface area contributed by atoms with E-state index in [4.69, 9.17) is 0 Å². The predicted octanol–water partition coefficient (Wildman–Crippen LogP) is 0.699. The Morgan fingerprint density at radius 3 is 3.20 bits per heavy atom. The number of carbonyl (C=O) groups is 1. The van der Waals surface area contributed by atoms with Crippen molar-refractivity contribution >= 4 is 29.5 Å². The molecular formula is C9H14ClN3OS. The summed E-state index contributed by atoms with van der Waals surface area (Å²) in [6, 6.07) is 0.443. The topological polar surface area (TPSA) is 54.0 Å². The molecule has 15 heavy (non-hydrogen) atoms. The van der Waals surface area contributed by atoms with Crippen molar-refractivity contribution in [3.8, 4) is 0 Å². The van der Waals surface area contributed by atoms with E-state index >= 15 is 0 Å². The molecule has 1 unspecified atom stereocenters. The minimum atomic E-state index is 0. The lowest BCUT2D eigenvalue weighted by molar-refractivity contribution is 0.0987. The van der Waals surface area contributed by atoms with Crippen molar-refractivity contribution in [2.75, 3.05) is 19.6 Å². The monoisotopic (exact) mass is 247 g/mol. The molecule has 84 valence electrons. The second-order valence-electron chi connectivity index (χ2n) is 3.33. The highest BCUT2D eigenvalue weighted by Crippen LogP contribution is 2.04. The zero-order valence-corrected chi connectivity index (χ0v) is 9.87. The third-order valence-corrected chi connectivity index (χ3v) is 3.10. The van der Waals surface area contributed by atoms with Crippen molar-refractivity contribution in [1.29, 1.82) is 0 Å². The Labute approximate surface area is 98.9 Å². The Balaban J connectivity index is 0.00000112. The molecule has 1 atom stereocenters. The van der Waals surface area contributed by atoms with E-state index in [9.17, 15) is 4.79 Å². The number of nitrogens with one attached hydrogen (secondary N) is 2. The molecule has 0 aliphatic carbocycles. The molecule has 1 saturated heterocycles. The Bertz CT molecular complexity index is 298. The van der Waals surface area contributed by atoms with Crippen molar-refractivity contribution in [3.63, 3.8) is 0 Å². The fourth-order valence-corrected chi connectivity index (χ4v) is 2.08. The van der Waals surface area contributed by atoms with Gasteiger partial charge < -0.3 is 10.6 Å². The minimum absolute atomic E-state index is 0. The maximum atomic E-state index is 11.5. The Morgan fingerprint density at radius 1 is 1.73 bits per heavy atom. The van der Waals surface area contributed by atoms with Gasteiger partial charge in [-0.1, -0.05) is 0 Å². The molecule has 1 aromatic rings. The molecule has 0 amide bonds. The van der Waals surface area contributed by atoms with Gasteiger partial charge in [0.15, 0.2) is 5.01 Å². The predicted molar refractivity (Wildman–Crippen MR) is 63.0 cm³/mol. The molecule has 0 bridgehead atoms. The highest BCUT2D eigenvalue weighted by molar-refractivity contribution is 7.11. The van der Waals surface area contributed by atoms with Crippen LogP contribution in [0.15, 0.2) is 11.6 Å². The van der Waals surface area contributed by atoms with Crippen LogP contribution in [0.2, 0.25) is 0 Å². The van der Waals surface area contributed by atoms with Crippen LogP contribution in [0, 0.1) is 0 Å². The standard InChI is InChI=1S/C9H13N3OS.ClH/c13-8(9-11-3-4-14-9)6-12-7-1-2-10-5-7;/h3-4,7,10,12H,1-2,5-6H2;1H. The lowest BCUT2D eigenvalue weighted by Gasteiger charge is -2.08. The van der Waals surface area contributed by atoms with E-state index in [1.807, 2.05) is 5.38 Å². The maximum Gasteiger partial charge on any atom is 0.205 e. The number of hydrogen-bond acceptors (Lipinski definition) is 5. The third-order valence-electron chi connectivity index (χ3n) is 2.28. The first kappa shape index (κ1) is 12.6. The van der Waals surface area contributed by atoms with Crippen LogP contribution in [0.4, 0.5) is 0 Å². The van der Waals surface area contributed by atoms with Crippen LogP contribution in [0.25, 0.3) is 0 Å². The van der Waals surface area contributed by atoms with Crippen molar-refractivity contribution < 1.29 is 4.79 Å². The second-order valence-corrected chi connectivity index (χ2v) is 4.23. The van der Waals surface area contributed by atoms with E-state index in [2.05, 4.69) is 15.6 Å². The molecule has 2 N–H and O–H groups in total. The first-order valence-electron chi connectivity index (χ1n) is 4.73. The van der Waals surface area contributed by atoms with Crippen molar-refractivity contribution in [2.45, 2.75) is 12.5 Å². The fraction of sp³-hybridized carbons (Fsp3) is 0.556. The van der Waals surface area contributed by atoms with Crippen molar-refractivity contribution in [3.05, 3.63) is 16.6 Å². The van der Waals surface area contributed by atoms with Crippen LogP contribution in [0.1, 0.15) is 16.2 Å². The average molecular weight is 248 g/mol. The number of carbonyl (C=O) groups excluding carboxylic acids is 1. The van der Waals surface area contributed by atoms with E-state index in [1.54, 1.807) is 6.20 Å². The van der Waals surface area contributed by atoms with E-state index < -0.39 is 0 Å². The van der Waals surface area contributed by atoms with Gasteiger partial charge in [0.25, 0.3) is 0 Å². The van der Waals surface area contributed by atoms with E-state index in [0.717, 1.165) is 19.5 Å². The summed E-state index contributed by atoms with van der Waals surface area (Å²) in [4.78, 5) is 15.5. The summed E-state index contributed by atoms with van der Waals surface area (Å²) in [7, 11) is 0. The molecule has 2 heterocycles. The quantitative estimate of drug-likeness (QED) is 0.770. The number of Topliss-reactive ketones (excluding diaryl/α,β-unsaturated/α-hetero) is 1. The smallest absolute Gasteiger partial charge is 0.205 e. The van der Waals surface area contributed by atoms with Crippen LogP contribution in [-0.4, -0.2) is 36.4 Å². The number of thiazole rings is 1. The molecule has 1 aromatic heterocycles. The normalized spacial score (nSPS) is 19.9. The van der Waals surface area contributed by atoms with Crippen LogP contribution in [-0.2, 0) is 0 Å². The summed E-state index contributed by atoms with van der Waals surface area (Å²) in [5, 5.41) is 8.89. The molecule has 4 nitrogen and oxygen atoms in total. The van der Waals surface area contributed by atoms with Gasteiger partial charge in [-0.15, -0.1) is 23.7 Å². The van der Waals surface area contributed by atoms with Crippen molar-refractivity contribution in [1.82, 2.24) is 15.6 Å². The number of aromatic nitrogens is 1. The second kappa shape index (κ2) is 6.17. The van der Waals surface area contributed by atoms with Gasteiger partial charge in [0.05, 0.1) is 6.54 Å². The maximum absolute atomic E-state index is 11.5. The Hall–Kier alpha value is -0.490. The van der Waals surface area contributed by atoms with Gasteiger partial charge in [-0.3, -0.25) is 4.79 Å². The van der Waals surface area contributed by atoms with E-state index in [1.165, 1.54) is 11.3 Å². The fourth-order valence-electron chi connectivity index (χ4n) is 1.50. The molecule has 1 aliphatic rings. The first-order valence-corrected chi connectivity index (χ1v) is 5.61. The number of ketones is 1. The largest absolute Gasteiger partial charge is 0.315 e. The first-order chi connectivity index (χ1) is 6.86. The van der Waals surface area contributed by atoms with E-state index in [-0.39, 0.29) is 18.2 Å². The molecule has 0 radical (unpaired) electrons. The molecule has 0 spiro atoms. The lowest BCUT2D eigenvalue weighted by atomic mass is 10.2. The summed E-state index contributed by atoms with van der Waals surface area (Å²) in [5.74, 6) is 0.0897. The summed E-state index contributed by atoms with van der Waals surface area (Å²) < 4.78 is 0. The lowest BCUT2D eigenvalue weighted by Crippen LogP contribution is -2.35. The van der Waals surface area contributed by atoms with Crippen molar-refractivity contribution in [2.24, 2.45) is 0 Å². The summed E-state index contributed by atoms with van der Waals surface area (Å²) in [6.07, 6.45) is 2.76. The highest BCUT2D eigenvalue weighted by atomic mass is 35.5. The molecule has 0 saturated carbocycles. The highest BCUT2D eigenvalue weighted by Gasteiger charge is 2.15. The molecule has 1 fully saturated rings. The van der Waals surface area contributed by atoms with Crippen LogP contribution in [0.3, 0.4) is 0 Å². The van der Waals surface area contributed by atoms with E-state index in [0.29, 0.717) is 17.6 Å². The van der Waals surface area contributed by atoms with Gasteiger partial charge in [0, 0.05) is 24.2 Å². The summed E-state index contributed by atoms with van der Waals surface area (Å²) in [5.41, 5.74) is 0. The van der Waals surface area contributed by atoms with Crippen LogP contribution >= 0.6 is 23.7 Å². The van der Waals surface area contributed by atoms with Gasteiger partial charge in [-0.2, -0.15) is 0 Å². The number of hydrogen-bond donors (Lipinski definition) is 2. The molecule has 6 heteroatoms. The van der Waals surface area contributed by atoms with Gasteiger partial charge in [0.1, 0.15) is 0 Å². The molecule has 2 rings (SSSR count). The zero-order chi connectivity index (χ0) is 9.80. The number of halogens is 1. The minimum Gasteiger partial charge on any atom is -0.315 e. The van der Waals surface area contributed by atoms with Gasteiger partial charge in [0.2, 0.25) is 5.78 Å². The Morgan fingerprint density at radius 2 is 2.60 bits per heavy atom. The SMILES string of the molecule is Cl.O=C(CNC1CCNC1)c1nccs1. The molecule has 1 aliphatic heterocycles. The van der Waals surface area contributed by atoms with Crippen LogP contribution < -0.4 is 10.6 Å². The summed E-state index contributed by atoms with van der Waals surface area (Å²) >= 11 is 1.40. The van der Waals surface area contributed by atoms with Gasteiger partial charge >= 0.3 is 0 Å². The third kappa shape index (κ3) is 3.53. The molecular weight excluding hydrogens is 234 g/mol. The summed E-state index contributed by atoms with van der Waals surface area (Å²) in [6.45, 7) is 2.41. The Kier molecular flexibility index (Phi) is 5.17. The zero-order valence-electron chi connectivity index (χ0n) is 8.23. The molecule has 0 aromatic carbocycles. The van der Waals surface area contributed by atoms with Crippen LogP contribution in [0.5, 0.6) is 0 Å². The van der Waals surface area contributed by atoms with Gasteiger partial charge in [-0.25, -0.2) is 4.98 Å². The van der Waals surface area contributed by atoms with Gasteiger partial charge in [-0.05, 0) is 13.0 Å². The number of rotatable bonds is 4. The average Bonchev–Trinajstić information content (AvgIpc) is 2.87. The number of nitrogens with zero attached hydrogens (tertiary/aromatic N) is 1.